The minimum Gasteiger partial charge on any atom is -0.481 e. The van der Waals surface area contributed by atoms with Crippen molar-refractivity contribution in [2.24, 2.45) is 0 Å². The van der Waals surface area contributed by atoms with Gasteiger partial charge in [0.05, 0.1) is 5.92 Å². The highest BCUT2D eigenvalue weighted by atomic mass is 19.1. The van der Waals surface area contributed by atoms with Gasteiger partial charge >= 0.3 is 5.97 Å². The number of halogens is 1. The maximum Gasteiger partial charge on any atom is 0.303 e. The number of amides is 1. The fourth-order valence-electron chi connectivity index (χ4n) is 4.30. The smallest absolute Gasteiger partial charge is 0.303 e. The maximum absolute atomic E-state index is 14.3. The summed E-state index contributed by atoms with van der Waals surface area (Å²) in [6.07, 6.45) is 1.06. The van der Waals surface area contributed by atoms with Gasteiger partial charge < -0.3 is 15.7 Å². The molecule has 1 atom stereocenters. The topological polar surface area (TPSA) is 78.4 Å². The van der Waals surface area contributed by atoms with Crippen molar-refractivity contribution >= 4 is 34.0 Å². The van der Waals surface area contributed by atoms with E-state index in [2.05, 4.69) is 10.6 Å². The number of aryl methyl sites for hydroxylation is 1. The number of aliphatic carboxylic acids is 1. The first kappa shape index (κ1) is 24.9. The summed E-state index contributed by atoms with van der Waals surface area (Å²) in [5.41, 5.74) is 4.26. The maximum atomic E-state index is 14.3. The third kappa shape index (κ3) is 6.08. The number of fused-ring (bicyclic) bond motifs is 1. The highest BCUT2D eigenvalue weighted by Crippen LogP contribution is 2.29. The van der Waals surface area contributed by atoms with Crippen LogP contribution in [0.25, 0.3) is 10.8 Å². The summed E-state index contributed by atoms with van der Waals surface area (Å²) in [5.74, 6) is -1.89. The number of hydrogen-bond acceptors (Lipinski definition) is 3. The lowest BCUT2D eigenvalue weighted by Crippen LogP contribution is -2.20. The van der Waals surface area contributed by atoms with Gasteiger partial charge in [0.25, 0.3) is 0 Å². The largest absolute Gasteiger partial charge is 0.481 e. The van der Waals surface area contributed by atoms with Crippen LogP contribution < -0.4 is 10.6 Å². The molecule has 1 unspecified atom stereocenters. The van der Waals surface area contributed by atoms with Crippen molar-refractivity contribution in [1.82, 2.24) is 0 Å². The highest BCUT2D eigenvalue weighted by molar-refractivity contribution is 5.99. The molecule has 5 nitrogen and oxygen atoms in total. The summed E-state index contributed by atoms with van der Waals surface area (Å²) in [4.78, 5) is 24.4. The van der Waals surface area contributed by atoms with Crippen molar-refractivity contribution in [3.8, 4) is 0 Å². The Morgan fingerprint density at radius 3 is 2.39 bits per heavy atom. The summed E-state index contributed by atoms with van der Waals surface area (Å²) in [6, 6.07) is 25.9. The van der Waals surface area contributed by atoms with Gasteiger partial charge in [0, 0.05) is 29.7 Å². The zero-order valence-electron chi connectivity index (χ0n) is 20.1. The Labute approximate surface area is 210 Å². The molecule has 0 saturated carbocycles. The number of carbonyl (C=O) groups excluding carboxylic acids is 1. The molecule has 0 heterocycles. The minimum atomic E-state index is -0.846. The van der Waals surface area contributed by atoms with Crippen LogP contribution in [-0.4, -0.2) is 17.0 Å². The lowest BCUT2D eigenvalue weighted by atomic mass is 9.93. The van der Waals surface area contributed by atoms with Gasteiger partial charge in [-0.2, -0.15) is 0 Å². The van der Waals surface area contributed by atoms with E-state index in [1.54, 1.807) is 25.1 Å². The molecule has 0 fully saturated rings. The predicted octanol–water partition coefficient (Wildman–Crippen LogP) is 6.74. The van der Waals surface area contributed by atoms with Crippen molar-refractivity contribution in [3.63, 3.8) is 0 Å². The van der Waals surface area contributed by atoms with E-state index >= 15 is 0 Å². The third-order valence-corrected chi connectivity index (χ3v) is 6.30. The van der Waals surface area contributed by atoms with Gasteiger partial charge in [0.15, 0.2) is 0 Å². The van der Waals surface area contributed by atoms with E-state index < -0.39 is 11.9 Å². The van der Waals surface area contributed by atoms with Crippen molar-refractivity contribution in [3.05, 3.63) is 107 Å². The minimum absolute atomic E-state index is 0.0582. The molecule has 0 aliphatic heterocycles. The van der Waals surface area contributed by atoms with Crippen molar-refractivity contribution in [2.75, 3.05) is 10.6 Å². The molecule has 0 aliphatic carbocycles. The first-order chi connectivity index (χ1) is 17.4. The van der Waals surface area contributed by atoms with Gasteiger partial charge in [0.1, 0.15) is 5.82 Å². The first-order valence-corrected chi connectivity index (χ1v) is 12.0. The molecular formula is C30H29FN2O3. The van der Waals surface area contributed by atoms with Crippen molar-refractivity contribution in [2.45, 2.75) is 38.6 Å². The van der Waals surface area contributed by atoms with E-state index in [1.807, 2.05) is 60.7 Å². The van der Waals surface area contributed by atoms with Crippen LogP contribution in [0.5, 0.6) is 0 Å². The molecular weight excluding hydrogens is 455 g/mol. The Morgan fingerprint density at radius 2 is 1.64 bits per heavy atom. The molecule has 184 valence electrons. The number of carboxylic acid groups (broad SMARTS) is 1. The van der Waals surface area contributed by atoms with Gasteiger partial charge in [-0.25, -0.2) is 4.39 Å². The molecule has 0 radical (unpaired) electrons. The molecule has 0 aromatic heterocycles. The van der Waals surface area contributed by atoms with Crippen LogP contribution in [-0.2, 0) is 22.6 Å². The SMILES string of the molecule is CC(C(=O)Nc1cc(CNc2ccccc2)ccc1CCCC(=O)O)c1ccc(F)c2ccccc12. The van der Waals surface area contributed by atoms with Gasteiger partial charge in [0.2, 0.25) is 5.91 Å². The van der Waals surface area contributed by atoms with Crippen molar-refractivity contribution < 1.29 is 19.1 Å². The molecule has 4 aromatic rings. The summed E-state index contributed by atoms with van der Waals surface area (Å²) < 4.78 is 14.3. The Morgan fingerprint density at radius 1 is 0.917 bits per heavy atom. The second-order valence-electron chi connectivity index (χ2n) is 8.85. The molecule has 36 heavy (non-hydrogen) atoms. The molecule has 0 bridgehead atoms. The third-order valence-electron chi connectivity index (χ3n) is 6.30. The molecule has 0 aliphatic rings. The van der Waals surface area contributed by atoms with Gasteiger partial charge in [-0.1, -0.05) is 60.7 Å². The Bertz CT molecular complexity index is 1370. The van der Waals surface area contributed by atoms with Gasteiger partial charge in [-0.15, -0.1) is 0 Å². The number of para-hydroxylation sites is 1. The Hall–Kier alpha value is -4.19. The fourth-order valence-corrected chi connectivity index (χ4v) is 4.30. The van der Waals surface area contributed by atoms with Crippen LogP contribution in [0.2, 0.25) is 0 Å². The first-order valence-electron chi connectivity index (χ1n) is 12.0. The normalized spacial score (nSPS) is 11.7. The monoisotopic (exact) mass is 484 g/mol. The molecule has 1 amide bonds. The lowest BCUT2D eigenvalue weighted by Gasteiger charge is -2.18. The van der Waals surface area contributed by atoms with Crippen LogP contribution in [0.15, 0.2) is 84.9 Å². The van der Waals surface area contributed by atoms with E-state index in [0.717, 1.165) is 22.4 Å². The van der Waals surface area contributed by atoms with Crippen LogP contribution >= 0.6 is 0 Å². The summed E-state index contributed by atoms with van der Waals surface area (Å²) in [7, 11) is 0. The zero-order chi connectivity index (χ0) is 25.5. The van der Waals surface area contributed by atoms with E-state index in [4.69, 9.17) is 5.11 Å². The van der Waals surface area contributed by atoms with Crippen LogP contribution in [0, 0.1) is 5.82 Å². The standard InChI is InChI=1S/C30H29FN2O3/c1-20(24-16-17-27(31)26-12-6-5-11-25(24)26)30(36)33-28-18-21(19-32-23-9-3-2-4-10-23)14-15-22(28)8-7-13-29(34)35/h2-6,9-12,14-18,20,32H,7-8,13,19H2,1H3,(H,33,36)(H,34,35). The number of benzene rings is 4. The predicted molar refractivity (Wildman–Crippen MR) is 142 cm³/mol. The number of rotatable bonds is 10. The average molecular weight is 485 g/mol. The number of hydrogen-bond donors (Lipinski definition) is 3. The molecule has 6 heteroatoms. The number of carboxylic acids is 1. The number of carbonyl (C=O) groups is 2. The molecule has 3 N–H and O–H groups in total. The van der Waals surface area contributed by atoms with E-state index in [9.17, 15) is 14.0 Å². The van der Waals surface area contributed by atoms with Crippen LogP contribution in [0.4, 0.5) is 15.8 Å². The highest BCUT2D eigenvalue weighted by Gasteiger charge is 2.20. The molecule has 4 aromatic carbocycles. The molecule has 0 spiro atoms. The van der Waals surface area contributed by atoms with Crippen LogP contribution in [0.1, 0.15) is 42.4 Å². The molecule has 0 saturated heterocycles. The lowest BCUT2D eigenvalue weighted by molar-refractivity contribution is -0.137. The summed E-state index contributed by atoms with van der Waals surface area (Å²) in [5, 5.41) is 16.6. The van der Waals surface area contributed by atoms with Gasteiger partial charge in [-0.05, 0) is 66.1 Å². The van der Waals surface area contributed by atoms with E-state index in [0.29, 0.717) is 35.8 Å². The van der Waals surface area contributed by atoms with Crippen LogP contribution in [0.3, 0.4) is 0 Å². The summed E-state index contributed by atoms with van der Waals surface area (Å²) in [6.45, 7) is 2.38. The quantitative estimate of drug-likeness (QED) is 0.233. The number of anilines is 2. The Kier molecular flexibility index (Phi) is 7.95. The second kappa shape index (κ2) is 11.5. The average Bonchev–Trinajstić information content (AvgIpc) is 2.89. The van der Waals surface area contributed by atoms with E-state index in [1.165, 1.54) is 6.07 Å². The fraction of sp³-hybridized carbons (Fsp3) is 0.200. The zero-order valence-corrected chi connectivity index (χ0v) is 20.1. The summed E-state index contributed by atoms with van der Waals surface area (Å²) >= 11 is 0. The Balaban J connectivity index is 1.57. The number of nitrogens with one attached hydrogen (secondary N) is 2. The van der Waals surface area contributed by atoms with Crippen molar-refractivity contribution in [1.29, 1.82) is 0 Å². The van der Waals surface area contributed by atoms with Gasteiger partial charge in [-0.3, -0.25) is 9.59 Å². The van der Waals surface area contributed by atoms with E-state index in [-0.39, 0.29) is 18.1 Å². The molecule has 4 rings (SSSR count). The second-order valence-corrected chi connectivity index (χ2v) is 8.85.